The SMILES string of the molecule is Cc1cc(OCCCCS(=O)(=O)Cl)cc(C)c1Br. The third kappa shape index (κ3) is 5.59. The van der Waals surface area contributed by atoms with Crippen LogP contribution < -0.4 is 4.74 Å². The first kappa shape index (κ1) is 15.8. The Balaban J connectivity index is 2.41. The Kier molecular flexibility index (Phi) is 5.95. The van der Waals surface area contributed by atoms with Crippen molar-refractivity contribution in [2.45, 2.75) is 26.7 Å². The highest BCUT2D eigenvalue weighted by Gasteiger charge is 2.05. The second-order valence-corrected chi connectivity index (χ2v) is 7.86. The minimum absolute atomic E-state index is 0.00366. The van der Waals surface area contributed by atoms with Crippen molar-refractivity contribution in [3.8, 4) is 5.75 Å². The minimum atomic E-state index is -3.38. The van der Waals surface area contributed by atoms with E-state index in [1.807, 2.05) is 26.0 Å². The summed E-state index contributed by atoms with van der Waals surface area (Å²) in [6.45, 7) is 4.50. The fourth-order valence-electron chi connectivity index (χ4n) is 1.56. The number of unbranched alkanes of at least 4 members (excludes halogenated alkanes) is 1. The van der Waals surface area contributed by atoms with Crippen molar-refractivity contribution in [3.63, 3.8) is 0 Å². The van der Waals surface area contributed by atoms with Crippen LogP contribution in [0.25, 0.3) is 0 Å². The molecule has 0 aliphatic rings. The summed E-state index contributed by atoms with van der Waals surface area (Å²) in [5.41, 5.74) is 2.24. The molecular weight excluding hydrogens is 340 g/mol. The van der Waals surface area contributed by atoms with E-state index in [1.54, 1.807) is 0 Å². The van der Waals surface area contributed by atoms with Gasteiger partial charge in [0.05, 0.1) is 12.4 Å². The van der Waals surface area contributed by atoms with Gasteiger partial charge in [-0.2, -0.15) is 0 Å². The minimum Gasteiger partial charge on any atom is -0.494 e. The van der Waals surface area contributed by atoms with Gasteiger partial charge in [-0.05, 0) is 49.9 Å². The first-order chi connectivity index (χ1) is 8.29. The van der Waals surface area contributed by atoms with Crippen molar-refractivity contribution < 1.29 is 13.2 Å². The highest BCUT2D eigenvalue weighted by Crippen LogP contribution is 2.26. The molecular formula is C12H16BrClO3S. The van der Waals surface area contributed by atoms with Gasteiger partial charge in [-0.15, -0.1) is 0 Å². The van der Waals surface area contributed by atoms with E-state index in [-0.39, 0.29) is 5.75 Å². The molecule has 0 aromatic heterocycles. The van der Waals surface area contributed by atoms with Crippen LogP contribution in [0.3, 0.4) is 0 Å². The first-order valence-corrected chi connectivity index (χ1v) is 8.88. The van der Waals surface area contributed by atoms with Crippen LogP contribution in [-0.2, 0) is 9.05 Å². The maximum absolute atomic E-state index is 10.7. The lowest BCUT2D eigenvalue weighted by atomic mass is 10.1. The van der Waals surface area contributed by atoms with Gasteiger partial charge in [-0.3, -0.25) is 0 Å². The van der Waals surface area contributed by atoms with Crippen molar-refractivity contribution in [1.29, 1.82) is 0 Å². The van der Waals surface area contributed by atoms with Gasteiger partial charge in [0, 0.05) is 15.2 Å². The van der Waals surface area contributed by atoms with E-state index >= 15 is 0 Å². The number of hydrogen-bond donors (Lipinski definition) is 0. The highest BCUT2D eigenvalue weighted by atomic mass is 79.9. The molecule has 18 heavy (non-hydrogen) atoms. The van der Waals surface area contributed by atoms with Gasteiger partial charge in [0.1, 0.15) is 5.75 Å². The summed E-state index contributed by atoms with van der Waals surface area (Å²) >= 11 is 3.49. The lowest BCUT2D eigenvalue weighted by Crippen LogP contribution is -2.02. The van der Waals surface area contributed by atoms with E-state index in [0.29, 0.717) is 19.4 Å². The number of hydrogen-bond acceptors (Lipinski definition) is 3. The smallest absolute Gasteiger partial charge is 0.232 e. The fraction of sp³-hybridized carbons (Fsp3) is 0.500. The Morgan fingerprint density at radius 3 is 2.28 bits per heavy atom. The van der Waals surface area contributed by atoms with Gasteiger partial charge >= 0.3 is 0 Å². The normalized spacial score (nSPS) is 11.6. The monoisotopic (exact) mass is 354 g/mol. The number of benzene rings is 1. The molecule has 0 fully saturated rings. The molecule has 0 N–H and O–H groups in total. The second kappa shape index (κ2) is 6.78. The molecule has 0 saturated carbocycles. The Hall–Kier alpha value is -0.260. The van der Waals surface area contributed by atoms with E-state index in [2.05, 4.69) is 15.9 Å². The number of ether oxygens (including phenoxy) is 1. The lowest BCUT2D eigenvalue weighted by Gasteiger charge is -2.09. The van der Waals surface area contributed by atoms with Crippen molar-refractivity contribution in [2.24, 2.45) is 0 Å². The molecule has 0 bridgehead atoms. The summed E-state index contributed by atoms with van der Waals surface area (Å²) in [6, 6.07) is 3.91. The van der Waals surface area contributed by atoms with Gasteiger partial charge in [0.25, 0.3) is 0 Å². The van der Waals surface area contributed by atoms with Gasteiger partial charge < -0.3 is 4.74 Å². The van der Waals surface area contributed by atoms with Crippen LogP contribution in [0.2, 0.25) is 0 Å². The van der Waals surface area contributed by atoms with Crippen LogP contribution >= 0.6 is 26.6 Å². The van der Waals surface area contributed by atoms with Crippen LogP contribution in [0.1, 0.15) is 24.0 Å². The molecule has 0 spiro atoms. The van der Waals surface area contributed by atoms with Crippen molar-refractivity contribution in [2.75, 3.05) is 12.4 Å². The summed E-state index contributed by atoms with van der Waals surface area (Å²) in [5, 5.41) is 0. The van der Waals surface area contributed by atoms with Crippen LogP contribution in [0.4, 0.5) is 0 Å². The average molecular weight is 356 g/mol. The highest BCUT2D eigenvalue weighted by molar-refractivity contribution is 9.10. The summed E-state index contributed by atoms with van der Waals surface area (Å²) in [4.78, 5) is 0. The third-order valence-electron chi connectivity index (χ3n) is 2.46. The van der Waals surface area contributed by atoms with E-state index in [4.69, 9.17) is 15.4 Å². The zero-order chi connectivity index (χ0) is 13.8. The Labute approximate surface area is 121 Å². The summed E-state index contributed by atoms with van der Waals surface area (Å²) < 4.78 is 28.1. The van der Waals surface area contributed by atoms with Gasteiger partial charge in [-0.25, -0.2) is 8.42 Å². The predicted molar refractivity (Wildman–Crippen MR) is 78.0 cm³/mol. The standard InChI is InChI=1S/C12H16BrClO3S/c1-9-7-11(8-10(2)12(9)13)17-5-3-4-6-18(14,15)16/h7-8H,3-6H2,1-2H3. The van der Waals surface area contributed by atoms with Crippen LogP contribution in [0, 0.1) is 13.8 Å². The Morgan fingerprint density at radius 1 is 1.22 bits per heavy atom. The van der Waals surface area contributed by atoms with E-state index in [9.17, 15) is 8.42 Å². The molecule has 0 heterocycles. The third-order valence-corrected chi connectivity index (χ3v) is 4.95. The second-order valence-electron chi connectivity index (χ2n) is 4.17. The van der Waals surface area contributed by atoms with Crippen LogP contribution in [0.5, 0.6) is 5.75 Å². The lowest BCUT2D eigenvalue weighted by molar-refractivity contribution is 0.309. The van der Waals surface area contributed by atoms with E-state index < -0.39 is 9.05 Å². The maximum Gasteiger partial charge on any atom is 0.232 e. The van der Waals surface area contributed by atoms with Crippen LogP contribution in [-0.4, -0.2) is 20.8 Å². The van der Waals surface area contributed by atoms with Crippen molar-refractivity contribution in [1.82, 2.24) is 0 Å². The Morgan fingerprint density at radius 2 is 1.78 bits per heavy atom. The molecule has 1 aromatic rings. The molecule has 1 aromatic carbocycles. The molecule has 0 amide bonds. The summed E-state index contributed by atoms with van der Waals surface area (Å²) in [6.07, 6.45) is 1.18. The number of rotatable bonds is 6. The average Bonchev–Trinajstić information content (AvgIpc) is 2.23. The molecule has 0 unspecified atom stereocenters. The van der Waals surface area contributed by atoms with Crippen molar-refractivity contribution in [3.05, 3.63) is 27.7 Å². The zero-order valence-electron chi connectivity index (χ0n) is 10.4. The predicted octanol–water partition coefficient (Wildman–Crippen LogP) is 3.79. The first-order valence-electron chi connectivity index (χ1n) is 5.61. The quantitative estimate of drug-likeness (QED) is 0.576. The molecule has 0 radical (unpaired) electrons. The summed E-state index contributed by atoms with van der Waals surface area (Å²) in [5.74, 6) is 0.804. The van der Waals surface area contributed by atoms with Crippen LogP contribution in [0.15, 0.2) is 16.6 Å². The zero-order valence-corrected chi connectivity index (χ0v) is 13.5. The van der Waals surface area contributed by atoms with Gasteiger partial charge in [0.15, 0.2) is 0 Å². The Bertz CT molecular complexity index is 491. The molecule has 6 heteroatoms. The topological polar surface area (TPSA) is 43.4 Å². The van der Waals surface area contributed by atoms with E-state index in [1.165, 1.54) is 0 Å². The molecule has 0 saturated heterocycles. The van der Waals surface area contributed by atoms with Gasteiger partial charge in [0.2, 0.25) is 9.05 Å². The summed E-state index contributed by atoms with van der Waals surface area (Å²) in [7, 11) is 1.74. The van der Waals surface area contributed by atoms with Crippen molar-refractivity contribution >= 4 is 35.7 Å². The number of halogens is 2. The number of aryl methyl sites for hydroxylation is 2. The molecule has 102 valence electrons. The maximum atomic E-state index is 10.7. The molecule has 3 nitrogen and oxygen atoms in total. The fourth-order valence-corrected chi connectivity index (χ4v) is 2.66. The van der Waals surface area contributed by atoms with Gasteiger partial charge in [-0.1, -0.05) is 15.9 Å². The molecule has 0 atom stereocenters. The largest absolute Gasteiger partial charge is 0.494 e. The molecule has 0 aliphatic carbocycles. The molecule has 0 aliphatic heterocycles. The molecule has 1 rings (SSSR count). The van der Waals surface area contributed by atoms with E-state index in [0.717, 1.165) is 21.3 Å².